The summed E-state index contributed by atoms with van der Waals surface area (Å²) in [4.78, 5) is 0. The quantitative estimate of drug-likeness (QED) is 0.822. The third-order valence-corrected chi connectivity index (χ3v) is 3.53. The lowest BCUT2D eigenvalue weighted by atomic mass is 9.92. The lowest BCUT2D eigenvalue weighted by Gasteiger charge is -2.32. The van der Waals surface area contributed by atoms with Gasteiger partial charge in [0.2, 0.25) is 0 Å². The van der Waals surface area contributed by atoms with Crippen LogP contribution in [0.1, 0.15) is 24.9 Å². The van der Waals surface area contributed by atoms with E-state index in [9.17, 15) is 5.11 Å². The Bertz CT molecular complexity index is 397. The van der Waals surface area contributed by atoms with Crippen LogP contribution in [0.25, 0.3) is 0 Å². The van der Waals surface area contributed by atoms with Crippen molar-refractivity contribution >= 4 is 0 Å². The first-order valence-corrected chi connectivity index (χ1v) is 6.84. The lowest BCUT2D eigenvalue weighted by molar-refractivity contribution is 0.0580. The molecule has 19 heavy (non-hydrogen) atoms. The summed E-state index contributed by atoms with van der Waals surface area (Å²) in [7, 11) is 1.60. The van der Waals surface area contributed by atoms with E-state index in [0.29, 0.717) is 25.0 Å². The van der Waals surface area contributed by atoms with Crippen molar-refractivity contribution in [2.75, 3.05) is 26.9 Å². The van der Waals surface area contributed by atoms with Crippen molar-refractivity contribution in [1.82, 2.24) is 5.32 Å². The molecular formula is C15H23NO3. The average Bonchev–Trinajstić information content (AvgIpc) is 2.41. The number of aliphatic hydroxyl groups is 1. The molecule has 0 saturated carbocycles. The highest BCUT2D eigenvalue weighted by Gasteiger charge is 2.27. The van der Waals surface area contributed by atoms with E-state index < -0.39 is 6.10 Å². The molecule has 3 atom stereocenters. The molecule has 1 aliphatic rings. The number of nitrogens with one attached hydrogen (secondary N) is 1. The lowest BCUT2D eigenvalue weighted by Crippen LogP contribution is -2.35. The number of para-hydroxylation sites is 1. The number of methoxy groups -OCH3 is 1. The third-order valence-electron chi connectivity index (χ3n) is 3.53. The predicted octanol–water partition coefficient (Wildman–Crippen LogP) is 1.74. The van der Waals surface area contributed by atoms with Crippen molar-refractivity contribution in [3.05, 3.63) is 29.8 Å². The summed E-state index contributed by atoms with van der Waals surface area (Å²) >= 11 is 0. The molecule has 0 fully saturated rings. The maximum atomic E-state index is 9.65. The Kier molecular flexibility index (Phi) is 5.19. The van der Waals surface area contributed by atoms with Gasteiger partial charge >= 0.3 is 0 Å². The van der Waals surface area contributed by atoms with Gasteiger partial charge in [-0.05, 0) is 19.0 Å². The fraction of sp³-hybridized carbons (Fsp3) is 0.600. The molecule has 1 aliphatic heterocycles. The smallest absolute Gasteiger partial charge is 0.124 e. The monoisotopic (exact) mass is 265 g/mol. The minimum absolute atomic E-state index is 0.291. The molecule has 0 aliphatic carbocycles. The Morgan fingerprint density at radius 3 is 3.05 bits per heavy atom. The summed E-state index contributed by atoms with van der Waals surface area (Å²) in [5.74, 6) is 1.39. The molecule has 1 aromatic rings. The van der Waals surface area contributed by atoms with Gasteiger partial charge in [-0.2, -0.15) is 0 Å². The maximum absolute atomic E-state index is 9.65. The van der Waals surface area contributed by atoms with Gasteiger partial charge in [0, 0.05) is 24.6 Å². The molecule has 2 rings (SSSR count). The molecule has 2 N–H and O–H groups in total. The van der Waals surface area contributed by atoms with E-state index in [-0.39, 0.29) is 0 Å². The van der Waals surface area contributed by atoms with E-state index >= 15 is 0 Å². The second kappa shape index (κ2) is 6.89. The zero-order valence-corrected chi connectivity index (χ0v) is 11.6. The first-order valence-electron chi connectivity index (χ1n) is 6.84. The van der Waals surface area contributed by atoms with E-state index in [4.69, 9.17) is 9.47 Å². The van der Waals surface area contributed by atoms with E-state index in [1.54, 1.807) is 7.11 Å². The molecule has 0 amide bonds. The van der Waals surface area contributed by atoms with E-state index in [1.807, 2.05) is 18.2 Å². The number of hydrogen-bond acceptors (Lipinski definition) is 4. The zero-order valence-electron chi connectivity index (χ0n) is 11.6. The molecular weight excluding hydrogens is 242 g/mol. The van der Waals surface area contributed by atoms with Gasteiger partial charge in [-0.15, -0.1) is 0 Å². The van der Waals surface area contributed by atoms with Crippen LogP contribution >= 0.6 is 0 Å². The number of ether oxygens (including phenoxy) is 2. The number of aliphatic hydroxyl groups excluding tert-OH is 1. The van der Waals surface area contributed by atoms with E-state index in [2.05, 4.69) is 18.3 Å². The standard InChI is InChI=1S/C15H23NO3/c1-11-9-19-14-6-4-3-5-13(14)15(11)16-8-7-12(17)10-18-2/h3-6,11-12,15-17H,7-10H2,1-2H3. The molecule has 0 spiro atoms. The van der Waals surface area contributed by atoms with Gasteiger partial charge < -0.3 is 19.9 Å². The van der Waals surface area contributed by atoms with Crippen LogP contribution in [0.2, 0.25) is 0 Å². The highest BCUT2D eigenvalue weighted by atomic mass is 16.5. The molecule has 0 radical (unpaired) electrons. The van der Waals surface area contributed by atoms with Gasteiger partial charge in [0.15, 0.2) is 0 Å². The summed E-state index contributed by atoms with van der Waals surface area (Å²) in [6.07, 6.45) is 0.294. The molecule has 106 valence electrons. The molecule has 0 bridgehead atoms. The second-order valence-electron chi connectivity index (χ2n) is 5.16. The summed E-state index contributed by atoms with van der Waals surface area (Å²) in [6.45, 7) is 4.07. The topological polar surface area (TPSA) is 50.7 Å². The SMILES string of the molecule is COCC(O)CCNC1c2ccccc2OCC1C. The van der Waals surface area contributed by atoms with E-state index in [1.165, 1.54) is 5.56 Å². The summed E-state index contributed by atoms with van der Waals surface area (Å²) in [5, 5.41) is 13.2. The summed E-state index contributed by atoms with van der Waals surface area (Å²) in [6, 6.07) is 8.44. The van der Waals surface area contributed by atoms with Gasteiger partial charge in [-0.3, -0.25) is 0 Å². The Balaban J connectivity index is 1.92. The van der Waals surface area contributed by atoms with E-state index in [0.717, 1.165) is 18.9 Å². The minimum Gasteiger partial charge on any atom is -0.493 e. The van der Waals surface area contributed by atoms with Crippen molar-refractivity contribution in [1.29, 1.82) is 0 Å². The van der Waals surface area contributed by atoms with Crippen molar-refractivity contribution in [3.63, 3.8) is 0 Å². The van der Waals surface area contributed by atoms with Crippen LogP contribution in [0.15, 0.2) is 24.3 Å². The van der Waals surface area contributed by atoms with Gasteiger partial charge in [0.25, 0.3) is 0 Å². The van der Waals surface area contributed by atoms with Crippen molar-refractivity contribution < 1.29 is 14.6 Å². The third kappa shape index (κ3) is 3.69. The fourth-order valence-corrected chi connectivity index (χ4v) is 2.49. The normalized spacial score (nSPS) is 23.5. The first-order chi connectivity index (χ1) is 9.22. The van der Waals surface area contributed by atoms with Crippen LogP contribution in [0.4, 0.5) is 0 Å². The fourth-order valence-electron chi connectivity index (χ4n) is 2.49. The highest BCUT2D eigenvalue weighted by Crippen LogP contribution is 2.34. The molecule has 1 heterocycles. The van der Waals surface area contributed by atoms with Crippen LogP contribution in [-0.2, 0) is 4.74 Å². The van der Waals surface area contributed by atoms with Crippen molar-refractivity contribution in [2.45, 2.75) is 25.5 Å². The largest absolute Gasteiger partial charge is 0.493 e. The van der Waals surface area contributed by atoms with Crippen LogP contribution in [-0.4, -0.2) is 38.1 Å². The Morgan fingerprint density at radius 2 is 2.26 bits per heavy atom. The molecule has 4 nitrogen and oxygen atoms in total. The first kappa shape index (κ1) is 14.3. The van der Waals surface area contributed by atoms with Crippen LogP contribution in [0, 0.1) is 5.92 Å². The number of benzene rings is 1. The molecule has 0 saturated heterocycles. The van der Waals surface area contributed by atoms with Gasteiger partial charge in [-0.25, -0.2) is 0 Å². The summed E-state index contributed by atoms with van der Waals surface area (Å²) in [5.41, 5.74) is 1.21. The van der Waals surface area contributed by atoms with Gasteiger partial charge in [-0.1, -0.05) is 25.1 Å². The number of fused-ring (bicyclic) bond motifs is 1. The second-order valence-corrected chi connectivity index (χ2v) is 5.16. The van der Waals surface area contributed by atoms with Crippen LogP contribution in [0.3, 0.4) is 0 Å². The van der Waals surface area contributed by atoms with Crippen molar-refractivity contribution in [3.8, 4) is 5.75 Å². The number of hydrogen-bond donors (Lipinski definition) is 2. The highest BCUT2D eigenvalue weighted by molar-refractivity contribution is 5.37. The Morgan fingerprint density at radius 1 is 1.47 bits per heavy atom. The zero-order chi connectivity index (χ0) is 13.7. The predicted molar refractivity (Wildman–Crippen MR) is 74.3 cm³/mol. The molecule has 1 aromatic carbocycles. The Hall–Kier alpha value is -1.10. The van der Waals surface area contributed by atoms with Gasteiger partial charge in [0.1, 0.15) is 5.75 Å². The summed E-state index contributed by atoms with van der Waals surface area (Å²) < 4.78 is 10.6. The maximum Gasteiger partial charge on any atom is 0.124 e. The molecule has 0 aromatic heterocycles. The average molecular weight is 265 g/mol. The van der Waals surface area contributed by atoms with Crippen LogP contribution < -0.4 is 10.1 Å². The minimum atomic E-state index is -0.400. The molecule has 3 unspecified atom stereocenters. The number of rotatable bonds is 6. The van der Waals surface area contributed by atoms with Crippen LogP contribution in [0.5, 0.6) is 5.75 Å². The Labute approximate surface area is 114 Å². The molecule has 4 heteroatoms. The van der Waals surface area contributed by atoms with Crippen molar-refractivity contribution in [2.24, 2.45) is 5.92 Å². The van der Waals surface area contributed by atoms with Gasteiger partial charge in [0.05, 0.1) is 19.3 Å².